The molecule has 1 heterocycles. The minimum absolute atomic E-state index is 0.0242. The minimum Gasteiger partial charge on any atom is -0.394 e. The number of methoxy groups -OCH3 is 1. The zero-order chi connectivity index (χ0) is 12.7. The first kappa shape index (κ1) is 14.4. The van der Waals surface area contributed by atoms with Crippen molar-refractivity contribution in [3.8, 4) is 0 Å². The Morgan fingerprint density at radius 1 is 1.59 bits per heavy atom. The highest BCUT2D eigenvalue weighted by molar-refractivity contribution is 5.78. The molecule has 2 N–H and O–H groups in total. The van der Waals surface area contributed by atoms with Gasteiger partial charge in [0.2, 0.25) is 5.91 Å². The average Bonchev–Trinajstić information content (AvgIpc) is 2.33. The van der Waals surface area contributed by atoms with Crippen LogP contribution in [0.15, 0.2) is 0 Å². The predicted molar refractivity (Wildman–Crippen MR) is 62.7 cm³/mol. The number of nitrogens with one attached hydrogen (secondary N) is 1. The molecule has 6 nitrogen and oxygen atoms in total. The number of ether oxygens (including phenoxy) is 2. The largest absolute Gasteiger partial charge is 0.394 e. The quantitative estimate of drug-likeness (QED) is 0.578. The summed E-state index contributed by atoms with van der Waals surface area (Å²) in [6.45, 7) is 4.45. The second-order valence-electron chi connectivity index (χ2n) is 4.22. The maximum absolute atomic E-state index is 11.9. The fraction of sp³-hybridized carbons (Fsp3) is 0.909. The highest BCUT2D eigenvalue weighted by Gasteiger charge is 2.27. The number of amides is 1. The van der Waals surface area contributed by atoms with E-state index in [0.29, 0.717) is 32.8 Å². The molecule has 0 spiro atoms. The molecule has 0 aromatic rings. The summed E-state index contributed by atoms with van der Waals surface area (Å²) in [5, 5.41) is 12.1. The van der Waals surface area contributed by atoms with Gasteiger partial charge in [0.1, 0.15) is 0 Å². The highest BCUT2D eigenvalue weighted by atomic mass is 16.5. The zero-order valence-electron chi connectivity index (χ0n) is 10.5. The van der Waals surface area contributed by atoms with Crippen LogP contribution in [0.4, 0.5) is 0 Å². The number of aliphatic hydroxyl groups excluding tert-OH is 1. The van der Waals surface area contributed by atoms with Gasteiger partial charge in [-0.1, -0.05) is 0 Å². The Bertz CT molecular complexity index is 238. The minimum atomic E-state index is -0.262. The Labute approximate surface area is 102 Å². The van der Waals surface area contributed by atoms with E-state index in [1.165, 1.54) is 0 Å². The average molecular weight is 246 g/mol. The first-order chi connectivity index (χ1) is 8.17. The first-order valence-electron chi connectivity index (χ1n) is 5.91. The van der Waals surface area contributed by atoms with Crippen LogP contribution < -0.4 is 5.32 Å². The smallest absolute Gasteiger partial charge is 0.236 e. The molecule has 0 radical (unpaired) electrons. The Kier molecular flexibility index (Phi) is 6.43. The number of carbonyl (C=O) groups excluding carboxylic acids is 1. The predicted octanol–water partition coefficient (Wildman–Crippen LogP) is -1.17. The van der Waals surface area contributed by atoms with Crippen molar-refractivity contribution in [2.24, 2.45) is 0 Å². The number of hydrogen-bond donors (Lipinski definition) is 2. The Balaban J connectivity index is 2.29. The summed E-state index contributed by atoms with van der Waals surface area (Å²) in [5.74, 6) is 0.0368. The van der Waals surface area contributed by atoms with Gasteiger partial charge < -0.3 is 24.8 Å². The van der Waals surface area contributed by atoms with Gasteiger partial charge >= 0.3 is 0 Å². The van der Waals surface area contributed by atoms with E-state index >= 15 is 0 Å². The van der Waals surface area contributed by atoms with Crippen molar-refractivity contribution in [1.29, 1.82) is 0 Å². The van der Waals surface area contributed by atoms with Crippen molar-refractivity contribution in [1.82, 2.24) is 10.2 Å². The number of nitrogens with zero attached hydrogens (tertiary/aromatic N) is 1. The van der Waals surface area contributed by atoms with Crippen LogP contribution in [0.25, 0.3) is 0 Å². The van der Waals surface area contributed by atoms with E-state index in [4.69, 9.17) is 14.6 Å². The number of hydrogen-bond acceptors (Lipinski definition) is 5. The molecule has 6 heteroatoms. The van der Waals surface area contributed by atoms with Gasteiger partial charge in [-0.2, -0.15) is 0 Å². The summed E-state index contributed by atoms with van der Waals surface area (Å²) < 4.78 is 10.4. The van der Waals surface area contributed by atoms with E-state index in [1.807, 2.05) is 6.92 Å². The van der Waals surface area contributed by atoms with Gasteiger partial charge in [-0.3, -0.25) is 4.79 Å². The molecule has 1 aliphatic heterocycles. The Morgan fingerprint density at radius 2 is 2.35 bits per heavy atom. The van der Waals surface area contributed by atoms with Gasteiger partial charge in [0, 0.05) is 26.7 Å². The third-order valence-corrected chi connectivity index (χ3v) is 2.64. The molecule has 1 aliphatic rings. The van der Waals surface area contributed by atoms with Gasteiger partial charge in [-0.25, -0.2) is 0 Å². The molecule has 0 bridgehead atoms. The standard InChI is InChI=1S/C11H22N2O4/c1-9-6-13(7-10(8-14)17-9)11(15)5-12-3-4-16-2/h9-10,12,14H,3-8H2,1-2H3. The van der Waals surface area contributed by atoms with Crippen molar-refractivity contribution < 1.29 is 19.4 Å². The van der Waals surface area contributed by atoms with Crippen molar-refractivity contribution in [3.05, 3.63) is 0 Å². The molecule has 0 aromatic carbocycles. The summed E-state index contributed by atoms with van der Waals surface area (Å²) in [7, 11) is 1.62. The van der Waals surface area contributed by atoms with Crippen LogP contribution in [0.2, 0.25) is 0 Å². The summed E-state index contributed by atoms with van der Waals surface area (Å²) in [4.78, 5) is 13.6. The molecule has 2 atom stereocenters. The Morgan fingerprint density at radius 3 is 3.00 bits per heavy atom. The van der Waals surface area contributed by atoms with E-state index in [9.17, 15) is 4.79 Å². The third kappa shape index (κ3) is 4.99. The molecule has 1 fully saturated rings. The summed E-state index contributed by atoms with van der Waals surface area (Å²) in [6, 6.07) is 0. The maximum atomic E-state index is 11.9. The molecular weight excluding hydrogens is 224 g/mol. The molecule has 1 amide bonds. The van der Waals surface area contributed by atoms with Gasteiger partial charge in [0.05, 0.1) is 32.0 Å². The van der Waals surface area contributed by atoms with Crippen molar-refractivity contribution in [2.75, 3.05) is 46.5 Å². The summed E-state index contributed by atoms with van der Waals surface area (Å²) >= 11 is 0. The molecule has 2 unspecified atom stereocenters. The normalized spacial score (nSPS) is 25.0. The van der Waals surface area contributed by atoms with E-state index in [2.05, 4.69) is 5.32 Å². The second kappa shape index (κ2) is 7.60. The number of aliphatic hydroxyl groups is 1. The van der Waals surface area contributed by atoms with Crippen molar-refractivity contribution >= 4 is 5.91 Å². The fourth-order valence-electron chi connectivity index (χ4n) is 1.83. The maximum Gasteiger partial charge on any atom is 0.236 e. The molecule has 0 saturated carbocycles. The molecule has 1 rings (SSSR count). The second-order valence-corrected chi connectivity index (χ2v) is 4.22. The molecule has 1 saturated heterocycles. The lowest BCUT2D eigenvalue weighted by atomic mass is 10.2. The van der Waals surface area contributed by atoms with Crippen LogP contribution in [-0.4, -0.2) is 74.6 Å². The van der Waals surface area contributed by atoms with Crippen LogP contribution in [-0.2, 0) is 14.3 Å². The fourth-order valence-corrected chi connectivity index (χ4v) is 1.83. The Hall–Kier alpha value is -0.690. The van der Waals surface area contributed by atoms with Gasteiger partial charge in [0.25, 0.3) is 0 Å². The topological polar surface area (TPSA) is 71.0 Å². The van der Waals surface area contributed by atoms with Crippen LogP contribution in [0, 0.1) is 0 Å². The van der Waals surface area contributed by atoms with Crippen LogP contribution >= 0.6 is 0 Å². The van der Waals surface area contributed by atoms with Gasteiger partial charge in [0.15, 0.2) is 0 Å². The van der Waals surface area contributed by atoms with E-state index < -0.39 is 0 Å². The molecular formula is C11H22N2O4. The molecule has 0 aliphatic carbocycles. The lowest BCUT2D eigenvalue weighted by Crippen LogP contribution is -2.52. The van der Waals surface area contributed by atoms with Crippen LogP contribution in [0.5, 0.6) is 0 Å². The molecule has 0 aromatic heterocycles. The van der Waals surface area contributed by atoms with E-state index in [0.717, 1.165) is 0 Å². The lowest BCUT2D eigenvalue weighted by Gasteiger charge is -2.36. The van der Waals surface area contributed by atoms with Gasteiger partial charge in [-0.05, 0) is 6.92 Å². The highest BCUT2D eigenvalue weighted by Crippen LogP contribution is 2.10. The van der Waals surface area contributed by atoms with Gasteiger partial charge in [-0.15, -0.1) is 0 Å². The van der Waals surface area contributed by atoms with Crippen molar-refractivity contribution in [3.63, 3.8) is 0 Å². The first-order valence-corrected chi connectivity index (χ1v) is 5.91. The SMILES string of the molecule is COCCNCC(=O)N1CC(C)OC(CO)C1. The third-order valence-electron chi connectivity index (χ3n) is 2.64. The van der Waals surface area contributed by atoms with Crippen LogP contribution in [0.1, 0.15) is 6.92 Å². The summed E-state index contributed by atoms with van der Waals surface area (Å²) in [6.07, 6.45) is -0.287. The summed E-state index contributed by atoms with van der Waals surface area (Å²) in [5.41, 5.74) is 0. The number of morpholine rings is 1. The number of rotatable bonds is 6. The van der Waals surface area contributed by atoms with E-state index in [-0.39, 0.29) is 24.7 Å². The van der Waals surface area contributed by atoms with Crippen LogP contribution in [0.3, 0.4) is 0 Å². The molecule has 17 heavy (non-hydrogen) atoms. The number of carbonyl (C=O) groups is 1. The molecule has 100 valence electrons. The zero-order valence-corrected chi connectivity index (χ0v) is 10.5. The van der Waals surface area contributed by atoms with E-state index in [1.54, 1.807) is 12.0 Å². The van der Waals surface area contributed by atoms with Crippen molar-refractivity contribution in [2.45, 2.75) is 19.1 Å². The lowest BCUT2D eigenvalue weighted by molar-refractivity contribution is -0.146. The monoisotopic (exact) mass is 246 g/mol.